The Labute approximate surface area is 208 Å². The van der Waals surface area contributed by atoms with Crippen molar-refractivity contribution >= 4 is 40.4 Å². The molecule has 2 aromatic carbocycles. The van der Waals surface area contributed by atoms with Crippen molar-refractivity contribution in [3.8, 4) is 5.75 Å². The maximum absolute atomic E-state index is 13.1. The minimum Gasteiger partial charge on any atom is -0.496 e. The molecule has 8 heteroatoms. The van der Waals surface area contributed by atoms with Crippen LogP contribution in [0.4, 0.5) is 5.69 Å². The van der Waals surface area contributed by atoms with Gasteiger partial charge in [-0.2, -0.15) is 0 Å². The number of thiophene rings is 1. The number of carbonyl (C=O) groups is 2. The van der Waals surface area contributed by atoms with Gasteiger partial charge in [0, 0.05) is 17.7 Å². The molecule has 2 amide bonds. The summed E-state index contributed by atoms with van der Waals surface area (Å²) in [4.78, 5) is 28.5. The smallest absolute Gasteiger partial charge is 0.265 e. The van der Waals surface area contributed by atoms with E-state index in [-0.39, 0.29) is 17.9 Å². The lowest BCUT2D eigenvalue weighted by Gasteiger charge is -2.35. The Kier molecular flexibility index (Phi) is 8.21. The van der Waals surface area contributed by atoms with Crippen LogP contribution in [-0.4, -0.2) is 43.5 Å². The van der Waals surface area contributed by atoms with E-state index < -0.39 is 0 Å². The monoisotopic (exact) mass is 497 g/mol. The Balaban J connectivity index is 1.49. The predicted molar refractivity (Wildman–Crippen MR) is 137 cm³/mol. The molecule has 1 aliphatic rings. The van der Waals surface area contributed by atoms with Crippen molar-refractivity contribution in [3.05, 3.63) is 81.0 Å². The van der Waals surface area contributed by atoms with Crippen LogP contribution < -0.4 is 15.4 Å². The van der Waals surface area contributed by atoms with Gasteiger partial charge in [0.2, 0.25) is 0 Å². The normalized spacial score (nSPS) is 14.9. The van der Waals surface area contributed by atoms with Gasteiger partial charge in [0.05, 0.1) is 28.7 Å². The van der Waals surface area contributed by atoms with E-state index in [1.807, 2.05) is 29.6 Å². The Morgan fingerprint density at radius 3 is 2.59 bits per heavy atom. The SMILES string of the molecule is COc1ccccc1C(CNC(=O)c1ccc(Cl)c(NC(=O)c2cccs2)c1)N1CCCCC1. The minimum absolute atomic E-state index is 0.00528. The van der Waals surface area contributed by atoms with Crippen molar-refractivity contribution in [2.24, 2.45) is 0 Å². The summed E-state index contributed by atoms with van der Waals surface area (Å²) < 4.78 is 5.61. The van der Waals surface area contributed by atoms with Gasteiger partial charge in [-0.3, -0.25) is 14.5 Å². The Morgan fingerprint density at radius 1 is 1.06 bits per heavy atom. The summed E-state index contributed by atoms with van der Waals surface area (Å²) >= 11 is 7.63. The lowest BCUT2D eigenvalue weighted by Crippen LogP contribution is -2.40. The lowest BCUT2D eigenvalue weighted by atomic mass is 10.0. The van der Waals surface area contributed by atoms with Crippen LogP contribution in [0.5, 0.6) is 5.75 Å². The summed E-state index contributed by atoms with van der Waals surface area (Å²) in [5, 5.41) is 8.09. The molecule has 4 rings (SSSR count). The van der Waals surface area contributed by atoms with Gasteiger partial charge in [-0.25, -0.2) is 0 Å². The molecule has 1 aromatic heterocycles. The van der Waals surface area contributed by atoms with Crippen LogP contribution in [0.25, 0.3) is 0 Å². The van der Waals surface area contributed by atoms with Gasteiger partial charge in [0.15, 0.2) is 0 Å². The second-order valence-electron chi connectivity index (χ2n) is 8.19. The molecule has 2 heterocycles. The number of carbonyl (C=O) groups excluding carboxylic acids is 2. The molecule has 3 aromatic rings. The topological polar surface area (TPSA) is 70.7 Å². The lowest BCUT2D eigenvalue weighted by molar-refractivity contribution is 0.0922. The molecular weight excluding hydrogens is 470 g/mol. The van der Waals surface area contributed by atoms with Crippen LogP contribution in [0.1, 0.15) is 50.9 Å². The van der Waals surface area contributed by atoms with Crippen molar-refractivity contribution in [3.63, 3.8) is 0 Å². The molecule has 1 fully saturated rings. The fourth-order valence-electron chi connectivity index (χ4n) is 4.25. The van der Waals surface area contributed by atoms with Gasteiger partial charge in [-0.15, -0.1) is 11.3 Å². The summed E-state index contributed by atoms with van der Waals surface area (Å²) in [6.45, 7) is 2.41. The van der Waals surface area contributed by atoms with Crippen LogP contribution in [0, 0.1) is 0 Å². The number of rotatable bonds is 8. The van der Waals surface area contributed by atoms with Gasteiger partial charge >= 0.3 is 0 Å². The van der Waals surface area contributed by atoms with Gasteiger partial charge < -0.3 is 15.4 Å². The fraction of sp³-hybridized carbons (Fsp3) is 0.308. The van der Waals surface area contributed by atoms with Crippen LogP contribution >= 0.6 is 22.9 Å². The zero-order chi connectivity index (χ0) is 23.9. The highest BCUT2D eigenvalue weighted by molar-refractivity contribution is 7.12. The first-order valence-corrected chi connectivity index (χ1v) is 12.6. The third-order valence-corrected chi connectivity index (χ3v) is 7.21. The minimum atomic E-state index is -0.254. The first kappa shape index (κ1) is 24.3. The number of ether oxygens (including phenoxy) is 1. The third kappa shape index (κ3) is 5.78. The number of hydrogen-bond donors (Lipinski definition) is 2. The highest BCUT2D eigenvalue weighted by Gasteiger charge is 2.25. The number of halogens is 1. The van der Waals surface area contributed by atoms with Gasteiger partial charge in [-0.05, 0) is 61.6 Å². The van der Waals surface area contributed by atoms with Gasteiger partial charge in [0.1, 0.15) is 5.75 Å². The van der Waals surface area contributed by atoms with E-state index in [0.29, 0.717) is 27.7 Å². The number of para-hydroxylation sites is 1. The number of likely N-dealkylation sites (tertiary alicyclic amines) is 1. The van der Waals surface area contributed by atoms with E-state index in [0.717, 1.165) is 37.2 Å². The third-order valence-electron chi connectivity index (χ3n) is 6.01. The van der Waals surface area contributed by atoms with Crippen molar-refractivity contribution in [2.75, 3.05) is 32.1 Å². The average molecular weight is 498 g/mol. The van der Waals surface area contributed by atoms with Crippen molar-refractivity contribution < 1.29 is 14.3 Å². The molecule has 1 atom stereocenters. The van der Waals surface area contributed by atoms with E-state index in [9.17, 15) is 9.59 Å². The summed E-state index contributed by atoms with van der Waals surface area (Å²) in [5.41, 5.74) is 1.90. The van der Waals surface area contributed by atoms with Gasteiger partial charge in [-0.1, -0.05) is 42.3 Å². The number of benzene rings is 2. The van der Waals surface area contributed by atoms with Crippen LogP contribution in [0.2, 0.25) is 5.02 Å². The highest BCUT2D eigenvalue weighted by Crippen LogP contribution is 2.31. The van der Waals surface area contributed by atoms with Crippen LogP contribution in [-0.2, 0) is 0 Å². The van der Waals surface area contributed by atoms with E-state index in [4.69, 9.17) is 16.3 Å². The summed E-state index contributed by atoms with van der Waals surface area (Å²) in [6.07, 6.45) is 3.51. The molecule has 0 saturated carbocycles. The zero-order valence-corrected chi connectivity index (χ0v) is 20.6. The quantitative estimate of drug-likeness (QED) is 0.423. The number of methoxy groups -OCH3 is 1. The van der Waals surface area contributed by atoms with E-state index in [1.165, 1.54) is 17.8 Å². The molecule has 1 unspecified atom stereocenters. The molecule has 178 valence electrons. The predicted octanol–water partition coefficient (Wildman–Crippen LogP) is 5.62. The number of piperidine rings is 1. The van der Waals surface area contributed by atoms with E-state index in [2.05, 4.69) is 21.6 Å². The summed E-state index contributed by atoms with van der Waals surface area (Å²) in [7, 11) is 1.67. The number of hydrogen-bond acceptors (Lipinski definition) is 5. The molecule has 0 radical (unpaired) electrons. The molecule has 6 nitrogen and oxygen atoms in total. The van der Waals surface area contributed by atoms with Crippen LogP contribution in [0.3, 0.4) is 0 Å². The highest BCUT2D eigenvalue weighted by atomic mass is 35.5. The zero-order valence-electron chi connectivity index (χ0n) is 19.1. The maximum atomic E-state index is 13.1. The standard InChI is InChI=1S/C26H28ClN3O3S/c1-33-23-9-4-3-8-19(23)22(30-13-5-2-6-14-30)17-28-25(31)18-11-12-20(27)21(16-18)29-26(32)24-10-7-15-34-24/h3-4,7-12,15-16,22H,2,5-6,13-14,17H2,1H3,(H,28,31)(H,29,32). The molecule has 0 aliphatic carbocycles. The molecule has 0 bridgehead atoms. The first-order valence-electron chi connectivity index (χ1n) is 11.4. The second kappa shape index (κ2) is 11.5. The molecule has 34 heavy (non-hydrogen) atoms. The number of nitrogens with zero attached hydrogens (tertiary/aromatic N) is 1. The first-order chi connectivity index (χ1) is 16.6. The number of amides is 2. The Morgan fingerprint density at radius 2 is 1.85 bits per heavy atom. The van der Waals surface area contributed by atoms with Crippen molar-refractivity contribution in [1.29, 1.82) is 0 Å². The largest absolute Gasteiger partial charge is 0.496 e. The van der Waals surface area contributed by atoms with E-state index >= 15 is 0 Å². The van der Waals surface area contributed by atoms with Crippen molar-refractivity contribution in [1.82, 2.24) is 10.2 Å². The summed E-state index contributed by atoms with van der Waals surface area (Å²) in [5.74, 6) is 0.341. The van der Waals surface area contributed by atoms with Crippen LogP contribution in [0.15, 0.2) is 60.0 Å². The molecule has 1 aliphatic heterocycles. The number of anilines is 1. The second-order valence-corrected chi connectivity index (χ2v) is 9.55. The van der Waals surface area contributed by atoms with Gasteiger partial charge in [0.25, 0.3) is 11.8 Å². The van der Waals surface area contributed by atoms with E-state index in [1.54, 1.807) is 31.4 Å². The Hall–Kier alpha value is -2.87. The molecule has 0 spiro atoms. The molecule has 1 saturated heterocycles. The molecule has 2 N–H and O–H groups in total. The summed E-state index contributed by atoms with van der Waals surface area (Å²) in [6, 6.07) is 16.4. The maximum Gasteiger partial charge on any atom is 0.265 e. The fourth-order valence-corrected chi connectivity index (χ4v) is 5.04. The Bertz CT molecular complexity index is 1130. The average Bonchev–Trinajstić information content (AvgIpc) is 3.41. The molecular formula is C26H28ClN3O3S. The number of nitrogens with one attached hydrogen (secondary N) is 2. The van der Waals surface area contributed by atoms with Crippen molar-refractivity contribution in [2.45, 2.75) is 25.3 Å².